The molecule has 104 valence electrons. The Bertz CT molecular complexity index is 561. The van der Waals surface area contributed by atoms with Crippen molar-refractivity contribution in [1.29, 1.82) is 0 Å². The molecule has 5 heteroatoms. The number of hydrogen-bond donors (Lipinski definition) is 1. The van der Waals surface area contributed by atoms with Crippen LogP contribution in [-0.2, 0) is 4.74 Å². The summed E-state index contributed by atoms with van der Waals surface area (Å²) in [5.41, 5.74) is 1.11. The summed E-state index contributed by atoms with van der Waals surface area (Å²) >= 11 is 0. The first kappa shape index (κ1) is 13.8. The van der Waals surface area contributed by atoms with Crippen LogP contribution in [0.15, 0.2) is 10.9 Å². The maximum absolute atomic E-state index is 12.2. The van der Waals surface area contributed by atoms with E-state index in [1.165, 1.54) is 6.07 Å². The molecule has 0 bridgehead atoms. The lowest BCUT2D eigenvalue weighted by atomic mass is 10.1. The highest BCUT2D eigenvalue weighted by Crippen LogP contribution is 2.32. The zero-order chi connectivity index (χ0) is 14.2. The Morgan fingerprint density at radius 2 is 2.11 bits per heavy atom. The Hall–Kier alpha value is -1.62. The first-order chi connectivity index (χ1) is 8.97. The zero-order valence-electron chi connectivity index (χ0n) is 11.5. The van der Waals surface area contributed by atoms with E-state index in [-0.39, 0.29) is 23.3 Å². The molecule has 1 aromatic rings. The molecule has 0 saturated heterocycles. The van der Waals surface area contributed by atoms with E-state index in [1.54, 1.807) is 25.5 Å². The molecule has 2 unspecified atom stereocenters. The van der Waals surface area contributed by atoms with Crippen LogP contribution < -0.4 is 5.56 Å². The van der Waals surface area contributed by atoms with Crippen LogP contribution in [0.5, 0.6) is 0 Å². The quantitative estimate of drug-likeness (QED) is 0.906. The third-order valence-electron chi connectivity index (χ3n) is 3.96. The van der Waals surface area contributed by atoms with Gasteiger partial charge >= 0.3 is 5.97 Å². The van der Waals surface area contributed by atoms with Gasteiger partial charge in [0, 0.05) is 18.9 Å². The predicted octanol–water partition coefficient (Wildman–Crippen LogP) is 1.90. The van der Waals surface area contributed by atoms with Crippen molar-refractivity contribution in [3.8, 4) is 0 Å². The number of methoxy groups -OCH3 is 1. The van der Waals surface area contributed by atoms with E-state index in [2.05, 4.69) is 0 Å². The number of carboxylic acid groups (broad SMARTS) is 1. The molecular weight excluding hydrogens is 246 g/mol. The van der Waals surface area contributed by atoms with Gasteiger partial charge in [-0.25, -0.2) is 4.79 Å². The van der Waals surface area contributed by atoms with Crippen LogP contribution in [0, 0.1) is 13.8 Å². The first-order valence-corrected chi connectivity index (χ1v) is 6.46. The Balaban J connectivity index is 2.60. The average Bonchev–Trinajstić information content (AvgIpc) is 2.75. The van der Waals surface area contributed by atoms with Gasteiger partial charge < -0.3 is 14.4 Å². The second kappa shape index (κ2) is 5.17. The summed E-state index contributed by atoms with van der Waals surface area (Å²) in [4.78, 5) is 23.5. The van der Waals surface area contributed by atoms with E-state index >= 15 is 0 Å². The van der Waals surface area contributed by atoms with Gasteiger partial charge in [0.05, 0.1) is 17.7 Å². The van der Waals surface area contributed by atoms with Crippen molar-refractivity contribution in [1.82, 2.24) is 4.57 Å². The standard InChI is InChI=1S/C14H19NO4/c1-8-7-12(16)15(9(2)13(8)14(17)18)10-5-4-6-11(10)19-3/h7,10-11H,4-6H2,1-3H3,(H,17,18). The molecule has 1 N–H and O–H groups in total. The zero-order valence-corrected chi connectivity index (χ0v) is 11.5. The maximum atomic E-state index is 12.2. The first-order valence-electron chi connectivity index (χ1n) is 6.46. The van der Waals surface area contributed by atoms with Crippen molar-refractivity contribution < 1.29 is 14.6 Å². The van der Waals surface area contributed by atoms with Crippen LogP contribution in [0.4, 0.5) is 0 Å². The lowest BCUT2D eigenvalue weighted by Gasteiger charge is -2.24. The van der Waals surface area contributed by atoms with Gasteiger partial charge in [0.15, 0.2) is 0 Å². The SMILES string of the molecule is COC1CCCC1n1c(C)c(C(=O)O)c(C)cc1=O. The predicted molar refractivity (Wildman–Crippen MR) is 70.8 cm³/mol. The summed E-state index contributed by atoms with van der Waals surface area (Å²) in [5.74, 6) is -0.990. The molecule has 1 heterocycles. The normalized spacial score (nSPS) is 22.7. The van der Waals surface area contributed by atoms with Crippen LogP contribution in [-0.4, -0.2) is 28.9 Å². The van der Waals surface area contributed by atoms with Gasteiger partial charge in [0.1, 0.15) is 0 Å². The number of rotatable bonds is 3. The summed E-state index contributed by atoms with van der Waals surface area (Å²) < 4.78 is 7.01. The highest BCUT2D eigenvalue weighted by molar-refractivity contribution is 5.90. The van der Waals surface area contributed by atoms with Gasteiger partial charge in [-0.15, -0.1) is 0 Å². The molecule has 0 radical (unpaired) electrons. The largest absolute Gasteiger partial charge is 0.478 e. The average molecular weight is 265 g/mol. The molecule has 1 aliphatic rings. The van der Waals surface area contributed by atoms with Crippen molar-refractivity contribution in [2.45, 2.75) is 45.3 Å². The number of pyridine rings is 1. The molecule has 1 saturated carbocycles. The van der Waals surface area contributed by atoms with Gasteiger partial charge in [-0.3, -0.25) is 4.79 Å². The molecule has 2 rings (SSSR count). The van der Waals surface area contributed by atoms with Gasteiger partial charge in [0.25, 0.3) is 5.56 Å². The lowest BCUT2D eigenvalue weighted by Crippen LogP contribution is -2.33. The van der Waals surface area contributed by atoms with Crippen LogP contribution in [0.25, 0.3) is 0 Å². The number of carboxylic acids is 1. The molecular formula is C14H19NO4. The number of nitrogens with zero attached hydrogens (tertiary/aromatic N) is 1. The molecule has 0 spiro atoms. The summed E-state index contributed by atoms with van der Waals surface area (Å²) in [6.07, 6.45) is 2.73. The fraction of sp³-hybridized carbons (Fsp3) is 0.571. The summed E-state index contributed by atoms with van der Waals surface area (Å²) in [5, 5.41) is 9.28. The van der Waals surface area contributed by atoms with Crippen molar-refractivity contribution in [3.05, 3.63) is 33.2 Å². The smallest absolute Gasteiger partial charge is 0.337 e. The highest BCUT2D eigenvalue weighted by Gasteiger charge is 2.31. The molecule has 1 aromatic heterocycles. The Labute approximate surface area is 111 Å². The van der Waals surface area contributed by atoms with Crippen LogP contribution in [0.2, 0.25) is 0 Å². The highest BCUT2D eigenvalue weighted by atomic mass is 16.5. The van der Waals surface area contributed by atoms with E-state index in [0.717, 1.165) is 19.3 Å². The minimum atomic E-state index is -0.990. The number of aromatic nitrogens is 1. The number of hydrogen-bond acceptors (Lipinski definition) is 3. The van der Waals surface area contributed by atoms with Gasteiger partial charge in [-0.2, -0.15) is 0 Å². The number of carbonyl (C=O) groups is 1. The fourth-order valence-corrected chi connectivity index (χ4v) is 3.11. The second-order valence-corrected chi connectivity index (χ2v) is 5.07. The van der Waals surface area contributed by atoms with E-state index < -0.39 is 5.97 Å². The Morgan fingerprint density at radius 3 is 2.68 bits per heavy atom. The van der Waals surface area contributed by atoms with E-state index in [9.17, 15) is 14.7 Å². The molecule has 0 amide bonds. The van der Waals surface area contributed by atoms with Gasteiger partial charge in [0.2, 0.25) is 0 Å². The van der Waals surface area contributed by atoms with Crippen molar-refractivity contribution >= 4 is 5.97 Å². The summed E-state index contributed by atoms with van der Waals surface area (Å²) in [7, 11) is 1.63. The number of aryl methyl sites for hydroxylation is 1. The summed E-state index contributed by atoms with van der Waals surface area (Å²) in [6.45, 7) is 3.35. The fourth-order valence-electron chi connectivity index (χ4n) is 3.11. The second-order valence-electron chi connectivity index (χ2n) is 5.07. The van der Waals surface area contributed by atoms with Crippen molar-refractivity contribution in [2.24, 2.45) is 0 Å². The molecule has 1 fully saturated rings. The Kier molecular flexibility index (Phi) is 3.75. The van der Waals surface area contributed by atoms with Crippen molar-refractivity contribution in [3.63, 3.8) is 0 Å². The minimum absolute atomic E-state index is 0.0132. The van der Waals surface area contributed by atoms with Crippen molar-refractivity contribution in [2.75, 3.05) is 7.11 Å². The molecule has 2 atom stereocenters. The molecule has 19 heavy (non-hydrogen) atoms. The molecule has 1 aliphatic carbocycles. The van der Waals surface area contributed by atoms with Gasteiger partial charge in [-0.1, -0.05) is 0 Å². The molecule has 0 aliphatic heterocycles. The Morgan fingerprint density at radius 1 is 1.42 bits per heavy atom. The number of ether oxygens (including phenoxy) is 1. The van der Waals surface area contributed by atoms with Crippen LogP contribution >= 0.6 is 0 Å². The molecule has 0 aromatic carbocycles. The van der Waals surface area contributed by atoms with E-state index in [0.29, 0.717) is 11.3 Å². The third kappa shape index (κ3) is 2.30. The minimum Gasteiger partial charge on any atom is -0.478 e. The third-order valence-corrected chi connectivity index (χ3v) is 3.96. The summed E-state index contributed by atoms with van der Waals surface area (Å²) in [6, 6.07) is 1.35. The number of aromatic carboxylic acids is 1. The monoisotopic (exact) mass is 265 g/mol. The van der Waals surface area contributed by atoms with E-state index in [1.807, 2.05) is 0 Å². The van der Waals surface area contributed by atoms with Gasteiger partial charge in [-0.05, 0) is 38.7 Å². The topological polar surface area (TPSA) is 68.5 Å². The van der Waals surface area contributed by atoms with Crippen LogP contribution in [0.3, 0.4) is 0 Å². The lowest BCUT2D eigenvalue weighted by molar-refractivity contribution is 0.0676. The van der Waals surface area contributed by atoms with Crippen LogP contribution in [0.1, 0.15) is 46.9 Å². The maximum Gasteiger partial charge on any atom is 0.337 e. The van der Waals surface area contributed by atoms with E-state index in [4.69, 9.17) is 4.74 Å². The molecule has 5 nitrogen and oxygen atoms in total.